The zero-order valence-corrected chi connectivity index (χ0v) is 22.1. The maximum atomic E-state index is 14.0. The Morgan fingerprint density at radius 2 is 2.06 bits per heavy atom. The highest BCUT2D eigenvalue weighted by atomic mass is 79.9. The number of nitrogens with zero attached hydrogens (tertiary/aromatic N) is 3. The monoisotopic (exact) mass is 537 g/mol. The van der Waals surface area contributed by atoms with Gasteiger partial charge in [-0.1, -0.05) is 22.9 Å². The number of rotatable bonds is 8. The quantitative estimate of drug-likeness (QED) is 0.268. The molecule has 1 aromatic rings. The molecule has 1 saturated heterocycles. The molecule has 2 rings (SSSR count). The van der Waals surface area contributed by atoms with E-state index in [-0.39, 0.29) is 25.3 Å². The number of hydrogen-bond donors (Lipinski definition) is 0. The van der Waals surface area contributed by atoms with E-state index in [2.05, 4.69) is 22.9 Å². The van der Waals surface area contributed by atoms with Gasteiger partial charge in [0.15, 0.2) is 5.57 Å². The number of nitriles is 1. The van der Waals surface area contributed by atoms with Gasteiger partial charge in [-0.2, -0.15) is 5.26 Å². The number of carbonyl (C=O) groups excluding carboxylic acids is 2. The highest BCUT2D eigenvalue weighted by Gasteiger charge is 2.32. The highest BCUT2D eigenvalue weighted by Crippen LogP contribution is 2.28. The fourth-order valence-electron chi connectivity index (χ4n) is 3.85. The number of ether oxygens (including phenoxy) is 2. The van der Waals surface area contributed by atoms with Crippen LogP contribution in [0.5, 0.6) is 0 Å². The number of likely N-dealkylation sites (tertiary alicyclic amines) is 1. The summed E-state index contributed by atoms with van der Waals surface area (Å²) < 4.78 is 25.4. The Labute approximate surface area is 209 Å². The van der Waals surface area contributed by atoms with Gasteiger partial charge in [0, 0.05) is 24.1 Å². The van der Waals surface area contributed by atoms with Crippen LogP contribution in [0.3, 0.4) is 0 Å². The molecular weight excluding hydrogens is 505 g/mol. The fourth-order valence-corrected chi connectivity index (χ4v) is 4.22. The second-order valence-electron chi connectivity index (χ2n) is 9.40. The van der Waals surface area contributed by atoms with Gasteiger partial charge in [-0.15, -0.1) is 0 Å². The Balaban J connectivity index is 2.65. The first kappa shape index (κ1) is 27.6. The number of carbonyl (C=O) groups is 2. The Morgan fingerprint density at radius 3 is 2.65 bits per heavy atom. The van der Waals surface area contributed by atoms with Crippen molar-refractivity contribution in [3.8, 4) is 6.07 Å². The van der Waals surface area contributed by atoms with E-state index >= 15 is 0 Å². The van der Waals surface area contributed by atoms with Crippen molar-refractivity contribution in [1.29, 1.82) is 5.26 Å². The lowest BCUT2D eigenvalue weighted by Gasteiger charge is -2.40. The number of piperidine rings is 1. The van der Waals surface area contributed by atoms with Gasteiger partial charge in [-0.25, -0.2) is 9.18 Å². The van der Waals surface area contributed by atoms with Crippen LogP contribution in [0.1, 0.15) is 53.0 Å². The number of halogens is 2. The predicted molar refractivity (Wildman–Crippen MR) is 130 cm³/mol. The van der Waals surface area contributed by atoms with Gasteiger partial charge in [0.2, 0.25) is 0 Å². The van der Waals surface area contributed by atoms with Crippen LogP contribution >= 0.6 is 15.9 Å². The minimum atomic E-state index is -0.808. The Morgan fingerprint density at radius 1 is 1.35 bits per heavy atom. The van der Waals surface area contributed by atoms with Crippen LogP contribution in [0.4, 0.5) is 4.39 Å². The van der Waals surface area contributed by atoms with Gasteiger partial charge in [-0.3, -0.25) is 4.79 Å². The van der Waals surface area contributed by atoms with Crippen molar-refractivity contribution in [1.82, 2.24) is 9.80 Å². The lowest BCUT2D eigenvalue weighted by Crippen LogP contribution is -2.44. The SMILES string of the molecule is CCOC(=O)CN(Cc1cc(F)ccc1Br)/C(=C(\C#N)C(=O)OC(C)(C)C)N1CCC[C@H](C)C1. The Hall–Kier alpha value is -2.60. The second kappa shape index (κ2) is 12.2. The largest absolute Gasteiger partial charge is 0.465 e. The topological polar surface area (TPSA) is 82.9 Å². The molecule has 0 saturated carbocycles. The molecule has 9 heteroatoms. The minimum absolute atomic E-state index is 0.0748. The van der Waals surface area contributed by atoms with Crippen molar-refractivity contribution in [3.05, 3.63) is 45.4 Å². The minimum Gasteiger partial charge on any atom is -0.465 e. The Bertz CT molecular complexity index is 968. The molecule has 0 aliphatic carbocycles. The van der Waals surface area contributed by atoms with Crippen molar-refractivity contribution in [3.63, 3.8) is 0 Å². The third-order valence-electron chi connectivity index (χ3n) is 5.19. The summed E-state index contributed by atoms with van der Waals surface area (Å²) in [6.07, 6.45) is 1.89. The number of esters is 2. The summed E-state index contributed by atoms with van der Waals surface area (Å²) in [4.78, 5) is 29.2. The summed E-state index contributed by atoms with van der Waals surface area (Å²) in [6, 6.07) is 6.29. The van der Waals surface area contributed by atoms with Crippen molar-refractivity contribution in [2.24, 2.45) is 5.92 Å². The molecule has 1 heterocycles. The van der Waals surface area contributed by atoms with Crippen LogP contribution in [0.2, 0.25) is 0 Å². The normalized spacial score (nSPS) is 16.9. The molecule has 0 bridgehead atoms. The summed E-state index contributed by atoms with van der Waals surface area (Å²) in [5, 5.41) is 10.1. The molecule has 0 aromatic heterocycles. The van der Waals surface area contributed by atoms with Gasteiger partial charge in [-0.05, 0) is 70.2 Å². The van der Waals surface area contributed by atoms with Crippen molar-refractivity contribution in [2.45, 2.75) is 59.6 Å². The molecule has 186 valence electrons. The summed E-state index contributed by atoms with van der Waals surface area (Å²) in [5.74, 6) is -1.09. The third-order valence-corrected chi connectivity index (χ3v) is 5.96. The van der Waals surface area contributed by atoms with Crippen LogP contribution in [-0.2, 0) is 25.6 Å². The van der Waals surface area contributed by atoms with Crippen molar-refractivity contribution < 1.29 is 23.5 Å². The standard InChI is InChI=1S/C25H33BrFN3O4/c1-6-33-22(31)16-30(15-18-12-19(27)9-10-21(18)26)23(29-11-7-8-17(2)14-29)20(13-28)24(32)34-25(3,4)5/h9-10,12,17H,6-8,11,14-16H2,1-5H3/b23-20+/t17-/m0/s1. The zero-order chi connectivity index (χ0) is 25.5. The Kier molecular flexibility index (Phi) is 9.92. The summed E-state index contributed by atoms with van der Waals surface area (Å²) in [5.41, 5.74) is -0.439. The first-order valence-corrected chi connectivity index (χ1v) is 12.2. The van der Waals surface area contributed by atoms with E-state index in [1.165, 1.54) is 12.1 Å². The summed E-state index contributed by atoms with van der Waals surface area (Å²) in [7, 11) is 0. The van der Waals surface area contributed by atoms with E-state index in [4.69, 9.17) is 9.47 Å². The molecule has 1 atom stereocenters. The molecule has 1 fully saturated rings. The summed E-state index contributed by atoms with van der Waals surface area (Å²) >= 11 is 3.44. The molecular formula is C25H33BrFN3O4. The van der Waals surface area contributed by atoms with E-state index in [1.54, 1.807) is 38.7 Å². The summed E-state index contributed by atoms with van der Waals surface area (Å²) in [6.45, 7) is 10.2. The molecule has 0 amide bonds. The maximum Gasteiger partial charge on any atom is 0.353 e. The molecule has 0 unspecified atom stereocenters. The van der Waals surface area contributed by atoms with Crippen LogP contribution in [-0.4, -0.2) is 53.6 Å². The molecule has 0 N–H and O–H groups in total. The van der Waals surface area contributed by atoms with E-state index in [0.29, 0.717) is 34.9 Å². The maximum absolute atomic E-state index is 14.0. The van der Waals surface area contributed by atoms with Crippen LogP contribution in [0, 0.1) is 23.1 Å². The first-order chi connectivity index (χ1) is 15.9. The number of hydrogen-bond acceptors (Lipinski definition) is 7. The highest BCUT2D eigenvalue weighted by molar-refractivity contribution is 9.10. The number of benzene rings is 1. The smallest absolute Gasteiger partial charge is 0.353 e. The van der Waals surface area contributed by atoms with Gasteiger partial charge < -0.3 is 19.3 Å². The van der Waals surface area contributed by atoms with E-state index in [1.807, 2.05) is 11.0 Å². The lowest BCUT2D eigenvalue weighted by molar-refractivity contribution is -0.150. The van der Waals surface area contributed by atoms with Gasteiger partial charge >= 0.3 is 11.9 Å². The molecule has 1 aliphatic rings. The van der Waals surface area contributed by atoms with E-state index in [9.17, 15) is 19.2 Å². The lowest BCUT2D eigenvalue weighted by atomic mass is 9.99. The van der Waals surface area contributed by atoms with Gasteiger partial charge in [0.05, 0.1) is 6.61 Å². The molecule has 0 radical (unpaired) electrons. The van der Waals surface area contributed by atoms with Gasteiger partial charge in [0.25, 0.3) is 0 Å². The molecule has 34 heavy (non-hydrogen) atoms. The van der Waals surface area contributed by atoms with Gasteiger partial charge in [0.1, 0.15) is 29.9 Å². The van der Waals surface area contributed by atoms with Crippen molar-refractivity contribution in [2.75, 3.05) is 26.2 Å². The molecule has 0 spiro atoms. The van der Waals surface area contributed by atoms with E-state index < -0.39 is 23.4 Å². The predicted octanol–water partition coefficient (Wildman–Crippen LogP) is 4.76. The van der Waals surface area contributed by atoms with Crippen LogP contribution in [0.25, 0.3) is 0 Å². The average Bonchev–Trinajstić information content (AvgIpc) is 2.72. The molecule has 1 aromatic carbocycles. The van der Waals surface area contributed by atoms with Crippen LogP contribution in [0.15, 0.2) is 34.1 Å². The fraction of sp³-hybridized carbons (Fsp3) is 0.560. The molecule has 1 aliphatic heterocycles. The van der Waals surface area contributed by atoms with Crippen LogP contribution < -0.4 is 0 Å². The van der Waals surface area contributed by atoms with E-state index in [0.717, 1.165) is 12.8 Å². The first-order valence-electron chi connectivity index (χ1n) is 11.4. The molecule has 7 nitrogen and oxygen atoms in total. The zero-order valence-electron chi connectivity index (χ0n) is 20.5. The van der Waals surface area contributed by atoms with Crippen molar-refractivity contribution >= 4 is 27.9 Å². The average molecular weight is 538 g/mol. The second-order valence-corrected chi connectivity index (χ2v) is 10.3. The third kappa shape index (κ3) is 8.01.